The lowest BCUT2D eigenvalue weighted by Crippen LogP contribution is -2.11. The van der Waals surface area contributed by atoms with Crippen molar-refractivity contribution in [2.45, 2.75) is 12.7 Å². The molecule has 4 N–H and O–H groups in total. The minimum absolute atomic E-state index is 0.0513. The summed E-state index contributed by atoms with van der Waals surface area (Å²) in [6, 6.07) is 14.7. The second kappa shape index (κ2) is 6.22. The summed E-state index contributed by atoms with van der Waals surface area (Å²) >= 11 is 0. The number of phenols is 1. The molecule has 0 aliphatic carbocycles. The molecule has 1 atom stereocenters. The van der Waals surface area contributed by atoms with Gasteiger partial charge in [0.1, 0.15) is 6.61 Å². The molecular formula is C15H17NO3. The molecule has 0 bridgehead atoms. The number of aliphatic hydroxyl groups excluding tert-OH is 1. The topological polar surface area (TPSA) is 75.7 Å². The van der Waals surface area contributed by atoms with Gasteiger partial charge in [0.05, 0.1) is 6.10 Å². The molecule has 4 heteroatoms. The minimum atomic E-state index is -0.889. The highest BCUT2D eigenvalue weighted by atomic mass is 16.5. The second-order valence-corrected chi connectivity index (χ2v) is 4.22. The number of para-hydroxylation sites is 1. The summed E-state index contributed by atoms with van der Waals surface area (Å²) in [4.78, 5) is 0. The highest BCUT2D eigenvalue weighted by Crippen LogP contribution is 2.33. The summed E-state index contributed by atoms with van der Waals surface area (Å²) in [5.41, 5.74) is 6.77. The summed E-state index contributed by atoms with van der Waals surface area (Å²) in [5.74, 6) is 0.283. The molecule has 0 radical (unpaired) electrons. The molecule has 0 fully saturated rings. The molecule has 2 aromatic carbocycles. The second-order valence-electron chi connectivity index (χ2n) is 4.22. The molecule has 2 aromatic rings. The zero-order valence-corrected chi connectivity index (χ0v) is 10.5. The van der Waals surface area contributed by atoms with Crippen molar-refractivity contribution in [3.8, 4) is 11.5 Å². The van der Waals surface area contributed by atoms with Crippen LogP contribution in [0.15, 0.2) is 48.5 Å². The Balaban J connectivity index is 2.13. The molecule has 0 spiro atoms. The Morgan fingerprint density at radius 1 is 1.05 bits per heavy atom. The first kappa shape index (κ1) is 13.4. The van der Waals surface area contributed by atoms with Gasteiger partial charge in [-0.15, -0.1) is 0 Å². The molecule has 4 nitrogen and oxygen atoms in total. The quantitative estimate of drug-likeness (QED) is 0.767. The van der Waals surface area contributed by atoms with Gasteiger partial charge < -0.3 is 20.7 Å². The Labute approximate surface area is 112 Å². The van der Waals surface area contributed by atoms with Crippen molar-refractivity contribution >= 4 is 0 Å². The van der Waals surface area contributed by atoms with E-state index >= 15 is 0 Å². The first-order chi connectivity index (χ1) is 9.22. The van der Waals surface area contributed by atoms with Crippen LogP contribution in [0, 0.1) is 0 Å². The number of benzene rings is 2. The lowest BCUT2D eigenvalue weighted by molar-refractivity contribution is 0.180. The fourth-order valence-electron chi connectivity index (χ4n) is 1.79. The predicted octanol–water partition coefficient (Wildman–Crippen LogP) is 1.96. The van der Waals surface area contributed by atoms with E-state index in [9.17, 15) is 10.2 Å². The maximum atomic E-state index is 10.0. The van der Waals surface area contributed by atoms with Crippen molar-refractivity contribution in [3.05, 3.63) is 59.7 Å². The third-order valence-electron chi connectivity index (χ3n) is 2.85. The van der Waals surface area contributed by atoms with Gasteiger partial charge in [-0.2, -0.15) is 0 Å². The Bertz CT molecular complexity index is 528. The van der Waals surface area contributed by atoms with Crippen LogP contribution in [-0.2, 0) is 6.61 Å². The zero-order valence-electron chi connectivity index (χ0n) is 10.5. The van der Waals surface area contributed by atoms with Crippen molar-refractivity contribution in [2.24, 2.45) is 5.73 Å². The fourth-order valence-corrected chi connectivity index (χ4v) is 1.79. The number of hydrogen-bond acceptors (Lipinski definition) is 4. The number of nitrogens with two attached hydrogens (primary N) is 1. The van der Waals surface area contributed by atoms with E-state index in [1.807, 2.05) is 30.3 Å². The summed E-state index contributed by atoms with van der Waals surface area (Å²) in [6.45, 7) is 0.409. The van der Waals surface area contributed by atoms with Gasteiger partial charge in [0.15, 0.2) is 11.5 Å². The van der Waals surface area contributed by atoms with Crippen LogP contribution in [0.5, 0.6) is 11.5 Å². The van der Waals surface area contributed by atoms with Crippen LogP contribution >= 0.6 is 0 Å². The molecule has 0 amide bonds. The van der Waals surface area contributed by atoms with Crippen LogP contribution in [-0.4, -0.2) is 16.8 Å². The van der Waals surface area contributed by atoms with Crippen molar-refractivity contribution in [2.75, 3.05) is 6.54 Å². The van der Waals surface area contributed by atoms with E-state index in [0.29, 0.717) is 17.9 Å². The van der Waals surface area contributed by atoms with Crippen molar-refractivity contribution in [3.63, 3.8) is 0 Å². The molecule has 0 aromatic heterocycles. The summed E-state index contributed by atoms with van der Waals surface area (Å²) in [5, 5.41) is 19.7. The van der Waals surface area contributed by atoms with Crippen molar-refractivity contribution in [1.29, 1.82) is 0 Å². The van der Waals surface area contributed by atoms with E-state index in [1.165, 1.54) is 0 Å². The zero-order chi connectivity index (χ0) is 13.7. The summed E-state index contributed by atoms with van der Waals surface area (Å²) < 4.78 is 5.56. The molecule has 0 saturated heterocycles. The summed E-state index contributed by atoms with van der Waals surface area (Å²) in [6.07, 6.45) is -0.889. The Kier molecular flexibility index (Phi) is 4.39. The maximum Gasteiger partial charge on any atom is 0.163 e. The molecule has 0 aliphatic rings. The van der Waals surface area contributed by atoms with Crippen LogP contribution < -0.4 is 10.5 Å². The predicted molar refractivity (Wildman–Crippen MR) is 72.9 cm³/mol. The van der Waals surface area contributed by atoms with Gasteiger partial charge in [0, 0.05) is 12.1 Å². The van der Waals surface area contributed by atoms with Crippen LogP contribution in [0.25, 0.3) is 0 Å². The largest absolute Gasteiger partial charge is 0.504 e. The van der Waals surface area contributed by atoms with Gasteiger partial charge in [-0.05, 0) is 11.6 Å². The molecule has 19 heavy (non-hydrogen) atoms. The lowest BCUT2D eigenvalue weighted by Gasteiger charge is -2.14. The van der Waals surface area contributed by atoms with Crippen molar-refractivity contribution in [1.82, 2.24) is 0 Å². The number of rotatable bonds is 5. The van der Waals surface area contributed by atoms with Crippen LogP contribution in [0.4, 0.5) is 0 Å². The Morgan fingerprint density at radius 3 is 2.47 bits per heavy atom. The first-order valence-corrected chi connectivity index (χ1v) is 6.09. The van der Waals surface area contributed by atoms with Crippen LogP contribution in [0.2, 0.25) is 0 Å². The van der Waals surface area contributed by atoms with Gasteiger partial charge >= 0.3 is 0 Å². The smallest absolute Gasteiger partial charge is 0.163 e. The molecule has 100 valence electrons. The minimum Gasteiger partial charge on any atom is -0.504 e. The maximum absolute atomic E-state index is 10.0. The molecule has 0 aliphatic heterocycles. The SMILES string of the molecule is NCC(O)c1cccc(OCc2ccccc2)c1O. The van der Waals surface area contributed by atoms with E-state index < -0.39 is 6.10 Å². The van der Waals surface area contributed by atoms with Gasteiger partial charge in [-0.1, -0.05) is 42.5 Å². The van der Waals surface area contributed by atoms with Gasteiger partial charge in [0.2, 0.25) is 0 Å². The molecule has 0 heterocycles. The Hall–Kier alpha value is -2.04. The van der Waals surface area contributed by atoms with E-state index in [1.54, 1.807) is 18.2 Å². The van der Waals surface area contributed by atoms with E-state index in [2.05, 4.69) is 0 Å². The van der Waals surface area contributed by atoms with Gasteiger partial charge in [-0.3, -0.25) is 0 Å². The third kappa shape index (κ3) is 3.24. The number of ether oxygens (including phenoxy) is 1. The van der Waals surface area contributed by atoms with Crippen molar-refractivity contribution < 1.29 is 14.9 Å². The first-order valence-electron chi connectivity index (χ1n) is 6.09. The fraction of sp³-hybridized carbons (Fsp3) is 0.200. The van der Waals surface area contributed by atoms with E-state index in [-0.39, 0.29) is 12.3 Å². The Morgan fingerprint density at radius 2 is 1.79 bits per heavy atom. The molecule has 2 rings (SSSR count). The number of hydrogen-bond donors (Lipinski definition) is 3. The molecule has 0 saturated carbocycles. The third-order valence-corrected chi connectivity index (χ3v) is 2.85. The van der Waals surface area contributed by atoms with E-state index in [4.69, 9.17) is 10.5 Å². The lowest BCUT2D eigenvalue weighted by atomic mass is 10.1. The summed E-state index contributed by atoms with van der Waals surface area (Å²) in [7, 11) is 0. The number of aliphatic hydroxyl groups is 1. The number of phenolic OH excluding ortho intramolecular Hbond substituents is 1. The average Bonchev–Trinajstić information content (AvgIpc) is 2.46. The van der Waals surface area contributed by atoms with Crippen LogP contribution in [0.1, 0.15) is 17.2 Å². The highest BCUT2D eigenvalue weighted by Gasteiger charge is 2.14. The van der Waals surface area contributed by atoms with E-state index in [0.717, 1.165) is 5.56 Å². The average molecular weight is 259 g/mol. The van der Waals surface area contributed by atoms with Gasteiger partial charge in [-0.25, -0.2) is 0 Å². The molecular weight excluding hydrogens is 242 g/mol. The normalized spacial score (nSPS) is 12.1. The van der Waals surface area contributed by atoms with Crippen LogP contribution in [0.3, 0.4) is 0 Å². The standard InChI is InChI=1S/C15H17NO3/c16-9-13(17)12-7-4-8-14(15(12)18)19-10-11-5-2-1-3-6-11/h1-8,13,17-18H,9-10,16H2. The number of aromatic hydroxyl groups is 1. The molecule has 1 unspecified atom stereocenters. The highest BCUT2D eigenvalue weighted by molar-refractivity contribution is 5.46. The monoisotopic (exact) mass is 259 g/mol. The van der Waals surface area contributed by atoms with Gasteiger partial charge in [0.25, 0.3) is 0 Å².